The lowest BCUT2D eigenvalue weighted by Gasteiger charge is -2.17. The molecule has 27 heavy (non-hydrogen) atoms. The van der Waals surface area contributed by atoms with Crippen LogP contribution < -0.4 is 10.5 Å². The smallest absolute Gasteiger partial charge is 0.248 e. The van der Waals surface area contributed by atoms with E-state index in [1.165, 1.54) is 0 Å². The summed E-state index contributed by atoms with van der Waals surface area (Å²) in [4.78, 5) is 8.15. The van der Waals surface area contributed by atoms with Gasteiger partial charge in [-0.1, -0.05) is 30.3 Å². The van der Waals surface area contributed by atoms with Crippen molar-refractivity contribution in [2.75, 3.05) is 18.9 Å². The molecular weight excluding hydrogens is 342 g/mol. The summed E-state index contributed by atoms with van der Waals surface area (Å²) in [5, 5.41) is 5.20. The Morgan fingerprint density at radius 3 is 2.96 bits per heavy atom. The molecule has 3 heterocycles. The quantitative estimate of drug-likeness (QED) is 0.720. The van der Waals surface area contributed by atoms with Gasteiger partial charge in [0.2, 0.25) is 11.9 Å². The van der Waals surface area contributed by atoms with Crippen LogP contribution in [0.25, 0.3) is 15.7 Å². The first-order chi connectivity index (χ1) is 13.3. The van der Waals surface area contributed by atoms with Gasteiger partial charge in [-0.25, -0.2) is 16.2 Å². The number of benzene rings is 1. The molecule has 2 N–H and O–H groups in total. The number of hydrogen-bond acceptors (Lipinski definition) is 5. The van der Waals surface area contributed by atoms with Crippen LogP contribution in [0, 0.1) is 6.57 Å². The molecule has 1 saturated heterocycles. The van der Waals surface area contributed by atoms with E-state index >= 15 is 0 Å². The van der Waals surface area contributed by atoms with Crippen molar-refractivity contribution in [1.82, 2.24) is 14.8 Å². The van der Waals surface area contributed by atoms with Crippen molar-refractivity contribution in [3.63, 3.8) is 0 Å². The lowest BCUT2D eigenvalue weighted by Crippen LogP contribution is -2.25. The number of fused-ring (bicyclic) bond motifs is 1. The number of nitrogens with two attached hydrogens (primary N) is 1. The summed E-state index contributed by atoms with van der Waals surface area (Å²) in [5.41, 5.74) is 8.07. The van der Waals surface area contributed by atoms with E-state index in [0.29, 0.717) is 36.9 Å². The maximum Gasteiger partial charge on any atom is 0.248 e. The van der Waals surface area contributed by atoms with E-state index in [1.807, 2.05) is 41.1 Å². The average molecular weight is 363 g/mol. The molecule has 1 aromatic carbocycles. The van der Waals surface area contributed by atoms with Crippen molar-refractivity contribution in [3.05, 3.63) is 59.6 Å². The molecule has 1 aliphatic heterocycles. The highest BCUT2D eigenvalue weighted by atomic mass is 16.5. The summed E-state index contributed by atoms with van der Waals surface area (Å²) in [6.07, 6.45) is 3.35. The zero-order chi connectivity index (χ0) is 18.6. The minimum atomic E-state index is -0.183. The lowest BCUT2D eigenvalue weighted by atomic mass is 10.1. The fourth-order valence-electron chi connectivity index (χ4n) is 3.46. The number of rotatable bonds is 4. The predicted molar refractivity (Wildman–Crippen MR) is 102 cm³/mol. The summed E-state index contributed by atoms with van der Waals surface area (Å²) in [6, 6.07) is 11.4. The topological polar surface area (TPSA) is 79.5 Å². The van der Waals surface area contributed by atoms with Crippen molar-refractivity contribution in [1.29, 1.82) is 0 Å². The monoisotopic (exact) mass is 363 g/mol. The third-order valence-electron chi connectivity index (χ3n) is 4.83. The maximum absolute atomic E-state index is 7.55. The van der Waals surface area contributed by atoms with Crippen LogP contribution >= 0.6 is 0 Å². The van der Waals surface area contributed by atoms with Crippen LogP contribution in [0.4, 0.5) is 5.82 Å². The molecule has 0 radical (unpaired) electrons. The van der Waals surface area contributed by atoms with E-state index in [0.717, 1.165) is 23.9 Å². The second-order valence-electron chi connectivity index (χ2n) is 6.60. The largest absolute Gasteiger partial charge is 0.472 e. The number of pyridine rings is 1. The Labute approximate surface area is 157 Å². The average Bonchev–Trinajstić information content (AvgIpc) is 2.89. The van der Waals surface area contributed by atoms with Gasteiger partial charge in [0.1, 0.15) is 12.0 Å². The van der Waals surface area contributed by atoms with Gasteiger partial charge in [-0.2, -0.15) is 5.10 Å². The Kier molecular flexibility index (Phi) is 4.90. The molecule has 1 aliphatic rings. The Morgan fingerprint density at radius 2 is 2.15 bits per heavy atom. The van der Waals surface area contributed by atoms with Crippen molar-refractivity contribution < 1.29 is 9.47 Å². The standard InChI is InChI=1S/C20H21N5O2/c1-22-15-8-5-11-26-13-17(15)25-16-9-10-23-20(18(16)19(21)24-25)27-12-14-6-3-2-4-7-14/h2-4,6-7,9-10,15,17H,5,8,11-13H2,(H2,21,24)/t15-,17?/m1/s1. The van der Waals surface area contributed by atoms with Gasteiger partial charge >= 0.3 is 0 Å². The fraction of sp³-hybridized carbons (Fsp3) is 0.350. The minimum absolute atomic E-state index is 0.172. The van der Waals surface area contributed by atoms with E-state index in [2.05, 4.69) is 14.9 Å². The highest BCUT2D eigenvalue weighted by molar-refractivity contribution is 5.93. The Morgan fingerprint density at radius 1 is 1.30 bits per heavy atom. The SMILES string of the molecule is [C-]#[N+][C@@H]1CCCOCC1n1nc(N)c2c(OCc3ccccc3)nccc21. The molecule has 4 rings (SSSR count). The van der Waals surface area contributed by atoms with Gasteiger partial charge in [0.05, 0.1) is 12.1 Å². The van der Waals surface area contributed by atoms with Gasteiger partial charge in [0, 0.05) is 19.2 Å². The van der Waals surface area contributed by atoms with Crippen LogP contribution in [0.15, 0.2) is 42.6 Å². The Hall–Kier alpha value is -3.11. The van der Waals surface area contributed by atoms with E-state index < -0.39 is 0 Å². The molecule has 3 aromatic rings. The molecule has 2 aromatic heterocycles. The van der Waals surface area contributed by atoms with Crippen molar-refractivity contribution in [3.8, 4) is 5.88 Å². The number of nitrogen functional groups attached to an aromatic ring is 1. The number of aromatic nitrogens is 3. The molecule has 1 fully saturated rings. The third-order valence-corrected chi connectivity index (χ3v) is 4.83. The summed E-state index contributed by atoms with van der Waals surface area (Å²) in [7, 11) is 0. The molecule has 1 unspecified atom stereocenters. The van der Waals surface area contributed by atoms with Gasteiger partial charge in [-0.05, 0) is 18.1 Å². The maximum atomic E-state index is 7.55. The summed E-state index contributed by atoms with van der Waals surface area (Å²) in [5.74, 6) is 0.808. The summed E-state index contributed by atoms with van der Waals surface area (Å²) in [6.45, 7) is 9.07. The number of hydrogen-bond donors (Lipinski definition) is 1. The summed E-state index contributed by atoms with van der Waals surface area (Å²) >= 11 is 0. The van der Waals surface area contributed by atoms with E-state index in [4.69, 9.17) is 21.8 Å². The van der Waals surface area contributed by atoms with Gasteiger partial charge in [-0.3, -0.25) is 0 Å². The van der Waals surface area contributed by atoms with Crippen LogP contribution in [0.1, 0.15) is 24.4 Å². The predicted octanol–water partition coefficient (Wildman–Crippen LogP) is 3.23. The Bertz CT molecular complexity index is 964. The van der Waals surface area contributed by atoms with Gasteiger partial charge in [0.25, 0.3) is 0 Å². The second kappa shape index (κ2) is 7.64. The first kappa shape index (κ1) is 17.3. The molecule has 138 valence electrons. The highest BCUT2D eigenvalue weighted by Crippen LogP contribution is 2.33. The lowest BCUT2D eigenvalue weighted by molar-refractivity contribution is 0.115. The van der Waals surface area contributed by atoms with Crippen LogP contribution in [-0.4, -0.2) is 34.0 Å². The minimum Gasteiger partial charge on any atom is -0.472 e. The molecule has 0 saturated carbocycles. The normalized spacial score (nSPS) is 20.1. The van der Waals surface area contributed by atoms with Crippen LogP contribution in [0.2, 0.25) is 0 Å². The van der Waals surface area contributed by atoms with Crippen LogP contribution in [0.3, 0.4) is 0 Å². The molecule has 7 nitrogen and oxygen atoms in total. The Balaban J connectivity index is 1.69. The molecule has 0 aliphatic carbocycles. The molecular formula is C20H21N5O2. The van der Waals surface area contributed by atoms with Crippen LogP contribution in [0.5, 0.6) is 5.88 Å². The third kappa shape index (κ3) is 3.44. The second-order valence-corrected chi connectivity index (χ2v) is 6.60. The van der Waals surface area contributed by atoms with Gasteiger partial charge in [-0.15, -0.1) is 0 Å². The number of nitrogens with zero attached hydrogens (tertiary/aromatic N) is 4. The fourth-order valence-corrected chi connectivity index (χ4v) is 3.46. The van der Waals surface area contributed by atoms with E-state index in [1.54, 1.807) is 6.20 Å². The molecule has 0 amide bonds. The molecule has 0 spiro atoms. The molecule has 0 bridgehead atoms. The van der Waals surface area contributed by atoms with Crippen molar-refractivity contribution >= 4 is 16.7 Å². The zero-order valence-corrected chi connectivity index (χ0v) is 14.9. The van der Waals surface area contributed by atoms with Gasteiger partial charge < -0.3 is 20.1 Å². The first-order valence-electron chi connectivity index (χ1n) is 9.01. The summed E-state index contributed by atoms with van der Waals surface area (Å²) < 4.78 is 13.4. The highest BCUT2D eigenvalue weighted by Gasteiger charge is 2.33. The number of ether oxygens (including phenoxy) is 2. The first-order valence-corrected chi connectivity index (χ1v) is 9.01. The van der Waals surface area contributed by atoms with E-state index in [-0.39, 0.29) is 12.1 Å². The zero-order valence-electron chi connectivity index (χ0n) is 14.9. The van der Waals surface area contributed by atoms with Crippen molar-refractivity contribution in [2.45, 2.75) is 31.5 Å². The molecule has 2 atom stereocenters. The number of anilines is 1. The molecule has 7 heteroatoms. The van der Waals surface area contributed by atoms with E-state index in [9.17, 15) is 0 Å². The van der Waals surface area contributed by atoms with Crippen LogP contribution in [-0.2, 0) is 11.3 Å². The van der Waals surface area contributed by atoms with Crippen molar-refractivity contribution in [2.24, 2.45) is 0 Å². The van der Waals surface area contributed by atoms with Gasteiger partial charge in [0.15, 0.2) is 11.9 Å².